The quantitative estimate of drug-likeness (QED) is 0.920. The summed E-state index contributed by atoms with van der Waals surface area (Å²) in [5, 5.41) is 3.59. The largest absolute Gasteiger partial charge is 0.377 e. The molecule has 1 aliphatic heterocycles. The van der Waals surface area contributed by atoms with Gasteiger partial charge in [0.1, 0.15) is 0 Å². The standard InChI is InChI=1S/C13H18BrN3O/c14-12-8-15-4-3-13(12)17-5-6-18-9-11(17)7-16-10-1-2-10/h3-4,8,10-11,16H,1-2,5-7,9H2. The van der Waals surface area contributed by atoms with Gasteiger partial charge in [0.15, 0.2) is 0 Å². The molecule has 1 saturated heterocycles. The molecule has 1 unspecified atom stereocenters. The van der Waals surface area contributed by atoms with E-state index in [1.165, 1.54) is 18.5 Å². The summed E-state index contributed by atoms with van der Waals surface area (Å²) < 4.78 is 6.67. The fraction of sp³-hybridized carbons (Fsp3) is 0.615. The molecule has 2 heterocycles. The van der Waals surface area contributed by atoms with Gasteiger partial charge in [-0.1, -0.05) is 0 Å². The lowest BCUT2D eigenvalue weighted by atomic mass is 10.2. The molecule has 5 heteroatoms. The number of hydrogen-bond donors (Lipinski definition) is 1. The van der Waals surface area contributed by atoms with Gasteiger partial charge < -0.3 is 15.0 Å². The van der Waals surface area contributed by atoms with Crippen LogP contribution in [0.25, 0.3) is 0 Å². The van der Waals surface area contributed by atoms with Gasteiger partial charge >= 0.3 is 0 Å². The fourth-order valence-corrected chi connectivity index (χ4v) is 2.81. The smallest absolute Gasteiger partial charge is 0.0683 e. The van der Waals surface area contributed by atoms with Crippen molar-refractivity contribution in [2.45, 2.75) is 24.9 Å². The van der Waals surface area contributed by atoms with Crippen LogP contribution in [0.1, 0.15) is 12.8 Å². The lowest BCUT2D eigenvalue weighted by Gasteiger charge is -2.38. The molecule has 1 aliphatic carbocycles. The Morgan fingerprint density at radius 2 is 2.39 bits per heavy atom. The molecule has 1 aromatic rings. The maximum Gasteiger partial charge on any atom is 0.0683 e. The van der Waals surface area contributed by atoms with E-state index in [4.69, 9.17) is 4.74 Å². The average molecular weight is 312 g/mol. The van der Waals surface area contributed by atoms with Crippen LogP contribution in [0.2, 0.25) is 0 Å². The molecule has 0 spiro atoms. The number of rotatable bonds is 4. The SMILES string of the molecule is Brc1cnccc1N1CCOCC1CNC1CC1. The molecular formula is C13H18BrN3O. The summed E-state index contributed by atoms with van der Waals surface area (Å²) in [6.45, 7) is 3.54. The van der Waals surface area contributed by atoms with Crippen molar-refractivity contribution in [1.29, 1.82) is 0 Å². The van der Waals surface area contributed by atoms with E-state index in [0.717, 1.165) is 36.8 Å². The second kappa shape index (κ2) is 5.55. The molecule has 0 amide bonds. The third-order valence-electron chi connectivity index (χ3n) is 3.51. The summed E-state index contributed by atoms with van der Waals surface area (Å²) in [6, 6.07) is 3.23. The minimum absolute atomic E-state index is 0.415. The Balaban J connectivity index is 1.71. The van der Waals surface area contributed by atoms with Gasteiger partial charge in [-0.2, -0.15) is 0 Å². The zero-order valence-corrected chi connectivity index (χ0v) is 11.9. The molecule has 1 atom stereocenters. The fourth-order valence-electron chi connectivity index (χ4n) is 2.33. The number of nitrogens with one attached hydrogen (secondary N) is 1. The first kappa shape index (κ1) is 12.4. The monoisotopic (exact) mass is 311 g/mol. The van der Waals surface area contributed by atoms with Crippen LogP contribution in [0.5, 0.6) is 0 Å². The van der Waals surface area contributed by atoms with Crippen LogP contribution in [0.15, 0.2) is 22.9 Å². The van der Waals surface area contributed by atoms with E-state index in [0.29, 0.717) is 6.04 Å². The van der Waals surface area contributed by atoms with Gasteiger partial charge in [-0.15, -0.1) is 0 Å². The van der Waals surface area contributed by atoms with Crippen molar-refractivity contribution in [2.75, 3.05) is 31.2 Å². The second-order valence-corrected chi connectivity index (χ2v) is 5.79. The van der Waals surface area contributed by atoms with Gasteiger partial charge in [0.2, 0.25) is 0 Å². The van der Waals surface area contributed by atoms with Crippen LogP contribution in [-0.2, 0) is 4.74 Å². The van der Waals surface area contributed by atoms with Gasteiger partial charge in [0, 0.05) is 31.5 Å². The van der Waals surface area contributed by atoms with Crippen molar-refractivity contribution in [3.8, 4) is 0 Å². The summed E-state index contributed by atoms with van der Waals surface area (Å²) in [7, 11) is 0. The lowest BCUT2D eigenvalue weighted by molar-refractivity contribution is 0.0936. The molecule has 2 aliphatic rings. The summed E-state index contributed by atoms with van der Waals surface area (Å²) in [4.78, 5) is 6.55. The highest BCUT2D eigenvalue weighted by Crippen LogP contribution is 2.28. The van der Waals surface area contributed by atoms with E-state index in [2.05, 4.69) is 37.2 Å². The number of morpholine rings is 1. The summed E-state index contributed by atoms with van der Waals surface area (Å²) >= 11 is 3.59. The number of anilines is 1. The van der Waals surface area contributed by atoms with Gasteiger partial charge in [-0.25, -0.2) is 0 Å². The predicted octanol–water partition coefficient (Wildman–Crippen LogP) is 1.80. The Hall–Kier alpha value is -0.650. The molecule has 4 nitrogen and oxygen atoms in total. The number of nitrogens with zero attached hydrogens (tertiary/aromatic N) is 2. The lowest BCUT2D eigenvalue weighted by Crippen LogP contribution is -2.51. The number of ether oxygens (including phenoxy) is 1. The van der Waals surface area contributed by atoms with Crippen LogP contribution in [0.4, 0.5) is 5.69 Å². The molecule has 0 radical (unpaired) electrons. The third-order valence-corrected chi connectivity index (χ3v) is 4.12. The molecule has 1 aromatic heterocycles. The molecule has 3 rings (SSSR count). The van der Waals surface area contributed by atoms with Gasteiger partial charge in [-0.05, 0) is 34.8 Å². The number of halogens is 1. The average Bonchev–Trinajstić information content (AvgIpc) is 3.22. The maximum absolute atomic E-state index is 5.61. The maximum atomic E-state index is 5.61. The van der Waals surface area contributed by atoms with Crippen LogP contribution in [-0.4, -0.2) is 43.4 Å². The normalized spacial score (nSPS) is 24.3. The van der Waals surface area contributed by atoms with E-state index in [1.54, 1.807) is 0 Å². The van der Waals surface area contributed by atoms with E-state index in [1.807, 2.05) is 12.4 Å². The van der Waals surface area contributed by atoms with E-state index < -0.39 is 0 Å². The molecule has 98 valence electrons. The van der Waals surface area contributed by atoms with Gasteiger partial charge in [0.05, 0.1) is 29.4 Å². The minimum atomic E-state index is 0.415. The topological polar surface area (TPSA) is 37.4 Å². The zero-order valence-electron chi connectivity index (χ0n) is 10.3. The van der Waals surface area contributed by atoms with E-state index in [9.17, 15) is 0 Å². The predicted molar refractivity (Wildman–Crippen MR) is 74.9 cm³/mol. The zero-order chi connectivity index (χ0) is 12.4. The van der Waals surface area contributed by atoms with Crippen LogP contribution in [0, 0.1) is 0 Å². The molecule has 1 saturated carbocycles. The van der Waals surface area contributed by atoms with Gasteiger partial charge in [0.25, 0.3) is 0 Å². The first-order valence-corrected chi connectivity index (χ1v) is 7.31. The summed E-state index contributed by atoms with van der Waals surface area (Å²) in [5.74, 6) is 0. The highest BCUT2D eigenvalue weighted by Gasteiger charge is 2.27. The Morgan fingerprint density at radius 3 is 3.17 bits per heavy atom. The van der Waals surface area contributed by atoms with Crippen molar-refractivity contribution in [1.82, 2.24) is 10.3 Å². The summed E-state index contributed by atoms with van der Waals surface area (Å²) in [6.07, 6.45) is 6.36. The molecule has 0 aromatic carbocycles. The Labute approximate surface area is 116 Å². The van der Waals surface area contributed by atoms with Crippen LogP contribution < -0.4 is 10.2 Å². The second-order valence-electron chi connectivity index (χ2n) is 4.93. The Morgan fingerprint density at radius 1 is 1.50 bits per heavy atom. The first-order valence-electron chi connectivity index (χ1n) is 6.52. The molecule has 0 bridgehead atoms. The van der Waals surface area contributed by atoms with Crippen molar-refractivity contribution < 1.29 is 4.74 Å². The van der Waals surface area contributed by atoms with Crippen molar-refractivity contribution in [3.63, 3.8) is 0 Å². The Bertz CT molecular complexity index is 411. The third kappa shape index (κ3) is 2.84. The minimum Gasteiger partial charge on any atom is -0.377 e. The van der Waals surface area contributed by atoms with Gasteiger partial charge in [-0.3, -0.25) is 4.98 Å². The van der Waals surface area contributed by atoms with Crippen molar-refractivity contribution in [3.05, 3.63) is 22.9 Å². The van der Waals surface area contributed by atoms with Crippen molar-refractivity contribution in [2.24, 2.45) is 0 Å². The molecule has 1 N–H and O–H groups in total. The number of hydrogen-bond acceptors (Lipinski definition) is 4. The van der Waals surface area contributed by atoms with Crippen LogP contribution in [0.3, 0.4) is 0 Å². The van der Waals surface area contributed by atoms with Crippen LogP contribution >= 0.6 is 15.9 Å². The first-order chi connectivity index (χ1) is 8.84. The van der Waals surface area contributed by atoms with E-state index >= 15 is 0 Å². The molecule has 18 heavy (non-hydrogen) atoms. The number of pyridine rings is 1. The van der Waals surface area contributed by atoms with E-state index in [-0.39, 0.29) is 0 Å². The van der Waals surface area contributed by atoms with Crippen molar-refractivity contribution >= 4 is 21.6 Å². The molecule has 2 fully saturated rings. The number of aromatic nitrogens is 1. The molecular weight excluding hydrogens is 294 g/mol. The Kier molecular flexibility index (Phi) is 3.82. The highest BCUT2D eigenvalue weighted by atomic mass is 79.9. The highest BCUT2D eigenvalue weighted by molar-refractivity contribution is 9.10. The summed E-state index contributed by atoms with van der Waals surface area (Å²) in [5.41, 5.74) is 1.22.